The second-order valence-corrected chi connectivity index (χ2v) is 5.09. The third kappa shape index (κ3) is 3.44. The average molecular weight is 265 g/mol. The van der Waals surface area contributed by atoms with Gasteiger partial charge in [0, 0.05) is 11.6 Å². The minimum Gasteiger partial charge on any atom is -0.351 e. The van der Waals surface area contributed by atoms with E-state index in [-0.39, 0.29) is 18.4 Å². The van der Waals surface area contributed by atoms with Crippen LogP contribution in [0.5, 0.6) is 0 Å². The molecule has 0 radical (unpaired) electrons. The topological polar surface area (TPSA) is 49.6 Å². The van der Waals surface area contributed by atoms with Gasteiger partial charge in [0.15, 0.2) is 0 Å². The van der Waals surface area contributed by atoms with Crippen molar-refractivity contribution in [1.82, 2.24) is 9.80 Å². The Balaban J connectivity index is 2.09. The molecule has 1 aromatic rings. The molecule has 5 heteroatoms. The number of amides is 2. The summed E-state index contributed by atoms with van der Waals surface area (Å²) in [7, 11) is 2.06. The van der Waals surface area contributed by atoms with Crippen molar-refractivity contribution in [2.75, 3.05) is 20.1 Å². The van der Waals surface area contributed by atoms with E-state index in [1.165, 1.54) is 6.07 Å². The van der Waals surface area contributed by atoms with Gasteiger partial charge in [-0.15, -0.1) is 0 Å². The molecule has 2 N–H and O–H groups in total. The lowest BCUT2D eigenvalue weighted by Gasteiger charge is -2.36. The normalized spacial score (nSPS) is 17.4. The van der Waals surface area contributed by atoms with Crippen LogP contribution in [0.25, 0.3) is 0 Å². The summed E-state index contributed by atoms with van der Waals surface area (Å²) in [6.45, 7) is 2.12. The van der Waals surface area contributed by atoms with Gasteiger partial charge in [0.25, 0.3) is 0 Å². The molecule has 2 amide bonds. The van der Waals surface area contributed by atoms with Crippen molar-refractivity contribution in [3.8, 4) is 0 Å². The molecule has 0 saturated carbocycles. The molecule has 0 spiro atoms. The summed E-state index contributed by atoms with van der Waals surface area (Å²) in [6, 6.07) is 6.14. The van der Waals surface area contributed by atoms with E-state index in [1.54, 1.807) is 23.1 Å². The Morgan fingerprint density at radius 3 is 2.63 bits per heavy atom. The highest BCUT2D eigenvalue weighted by atomic mass is 19.1. The second kappa shape index (κ2) is 6.02. The number of halogens is 1. The molecule has 19 heavy (non-hydrogen) atoms. The number of likely N-dealkylation sites (tertiary alicyclic amines) is 1. The van der Waals surface area contributed by atoms with Gasteiger partial charge in [0.2, 0.25) is 0 Å². The number of nitrogens with two attached hydrogens (primary N) is 1. The van der Waals surface area contributed by atoms with Gasteiger partial charge in [0.05, 0.1) is 6.54 Å². The van der Waals surface area contributed by atoms with Crippen LogP contribution in [-0.4, -0.2) is 42.0 Å². The summed E-state index contributed by atoms with van der Waals surface area (Å²) in [5.41, 5.74) is 5.97. The van der Waals surface area contributed by atoms with Crippen molar-refractivity contribution in [2.24, 2.45) is 5.73 Å². The Morgan fingerprint density at radius 2 is 2.05 bits per heavy atom. The van der Waals surface area contributed by atoms with E-state index in [4.69, 9.17) is 5.73 Å². The lowest BCUT2D eigenvalue weighted by molar-refractivity contribution is 0.132. The molecule has 0 aromatic heterocycles. The van der Waals surface area contributed by atoms with Crippen molar-refractivity contribution in [3.63, 3.8) is 0 Å². The fourth-order valence-corrected chi connectivity index (χ4v) is 2.50. The van der Waals surface area contributed by atoms with Crippen LogP contribution >= 0.6 is 0 Å². The predicted molar refractivity (Wildman–Crippen MR) is 72.0 cm³/mol. The van der Waals surface area contributed by atoms with Gasteiger partial charge in [-0.2, -0.15) is 0 Å². The van der Waals surface area contributed by atoms with Crippen molar-refractivity contribution in [3.05, 3.63) is 35.6 Å². The summed E-state index contributed by atoms with van der Waals surface area (Å²) >= 11 is 0. The highest BCUT2D eigenvalue weighted by Crippen LogP contribution is 2.19. The van der Waals surface area contributed by atoms with E-state index >= 15 is 0 Å². The number of piperidine rings is 1. The van der Waals surface area contributed by atoms with E-state index in [1.807, 2.05) is 0 Å². The van der Waals surface area contributed by atoms with Crippen molar-refractivity contribution in [1.29, 1.82) is 0 Å². The molecular formula is C14H20FN3O. The van der Waals surface area contributed by atoms with Crippen molar-refractivity contribution >= 4 is 6.03 Å². The number of hydrogen-bond acceptors (Lipinski definition) is 2. The lowest BCUT2D eigenvalue weighted by Crippen LogP contribution is -2.48. The molecule has 1 heterocycles. The molecule has 1 aliphatic rings. The Morgan fingerprint density at radius 1 is 1.42 bits per heavy atom. The molecule has 0 bridgehead atoms. The van der Waals surface area contributed by atoms with Gasteiger partial charge < -0.3 is 15.5 Å². The highest BCUT2D eigenvalue weighted by molar-refractivity contribution is 5.72. The summed E-state index contributed by atoms with van der Waals surface area (Å²) in [6.07, 6.45) is 1.77. The van der Waals surface area contributed by atoms with Gasteiger partial charge in [-0.05, 0) is 39.0 Å². The van der Waals surface area contributed by atoms with Crippen LogP contribution in [0, 0.1) is 5.82 Å². The molecule has 2 rings (SSSR count). The largest absolute Gasteiger partial charge is 0.351 e. The van der Waals surface area contributed by atoms with E-state index in [0.29, 0.717) is 5.56 Å². The van der Waals surface area contributed by atoms with Crippen LogP contribution in [0.2, 0.25) is 0 Å². The molecular weight excluding hydrogens is 245 g/mol. The van der Waals surface area contributed by atoms with Crippen LogP contribution in [-0.2, 0) is 6.54 Å². The number of rotatable bonds is 3. The number of urea groups is 1. The predicted octanol–water partition coefficient (Wildman–Crippen LogP) is 1.80. The number of benzene rings is 1. The zero-order valence-corrected chi connectivity index (χ0v) is 11.2. The quantitative estimate of drug-likeness (QED) is 0.906. The zero-order valence-electron chi connectivity index (χ0n) is 11.2. The minimum absolute atomic E-state index is 0.105. The summed E-state index contributed by atoms with van der Waals surface area (Å²) in [4.78, 5) is 15.4. The Hall–Kier alpha value is -1.62. The first-order valence-electron chi connectivity index (χ1n) is 6.56. The first-order valence-corrected chi connectivity index (χ1v) is 6.56. The standard InChI is InChI=1S/C14H20FN3O/c1-17-8-6-12(7-9-17)18(14(16)19)10-11-4-2-3-5-13(11)15/h2-5,12H,6-10H2,1H3,(H2,16,19). The Kier molecular flexibility index (Phi) is 4.37. The maximum absolute atomic E-state index is 13.7. The van der Waals surface area contributed by atoms with E-state index in [0.717, 1.165) is 25.9 Å². The van der Waals surface area contributed by atoms with Crippen LogP contribution in [0.3, 0.4) is 0 Å². The Labute approximate surface area is 113 Å². The molecule has 1 aromatic carbocycles. The molecule has 104 valence electrons. The number of primary amides is 1. The first-order chi connectivity index (χ1) is 9.08. The maximum atomic E-state index is 13.7. The number of carbonyl (C=O) groups excluding carboxylic acids is 1. The molecule has 0 atom stereocenters. The van der Waals surface area contributed by atoms with Gasteiger partial charge in [0.1, 0.15) is 5.82 Å². The molecule has 1 saturated heterocycles. The molecule has 1 fully saturated rings. The fraction of sp³-hybridized carbons (Fsp3) is 0.500. The minimum atomic E-state index is -0.474. The number of carbonyl (C=O) groups is 1. The summed E-state index contributed by atoms with van der Waals surface area (Å²) < 4.78 is 13.7. The third-order valence-electron chi connectivity index (χ3n) is 3.71. The Bertz CT molecular complexity index is 444. The smallest absolute Gasteiger partial charge is 0.315 e. The van der Waals surface area contributed by atoms with E-state index in [2.05, 4.69) is 11.9 Å². The van der Waals surface area contributed by atoms with E-state index < -0.39 is 6.03 Å². The van der Waals surface area contributed by atoms with Crippen LogP contribution in [0.4, 0.5) is 9.18 Å². The van der Waals surface area contributed by atoms with Gasteiger partial charge in [-0.25, -0.2) is 9.18 Å². The zero-order chi connectivity index (χ0) is 13.8. The molecule has 4 nitrogen and oxygen atoms in total. The van der Waals surface area contributed by atoms with E-state index in [9.17, 15) is 9.18 Å². The third-order valence-corrected chi connectivity index (χ3v) is 3.71. The van der Waals surface area contributed by atoms with Crippen molar-refractivity contribution in [2.45, 2.75) is 25.4 Å². The first kappa shape index (κ1) is 13.8. The van der Waals surface area contributed by atoms with Gasteiger partial charge in [-0.1, -0.05) is 18.2 Å². The van der Waals surface area contributed by atoms with Crippen LogP contribution < -0.4 is 5.73 Å². The fourth-order valence-electron chi connectivity index (χ4n) is 2.50. The number of hydrogen-bond donors (Lipinski definition) is 1. The van der Waals surface area contributed by atoms with Crippen molar-refractivity contribution < 1.29 is 9.18 Å². The number of nitrogens with zero attached hydrogens (tertiary/aromatic N) is 2. The van der Waals surface area contributed by atoms with Gasteiger partial charge in [-0.3, -0.25) is 0 Å². The molecule has 0 aliphatic carbocycles. The molecule has 0 unspecified atom stereocenters. The molecule has 1 aliphatic heterocycles. The second-order valence-electron chi connectivity index (χ2n) is 5.09. The summed E-state index contributed by atoms with van der Waals surface area (Å²) in [5.74, 6) is -0.290. The maximum Gasteiger partial charge on any atom is 0.315 e. The monoisotopic (exact) mass is 265 g/mol. The summed E-state index contributed by atoms with van der Waals surface area (Å²) in [5, 5.41) is 0. The van der Waals surface area contributed by atoms with Gasteiger partial charge >= 0.3 is 6.03 Å². The average Bonchev–Trinajstić information content (AvgIpc) is 2.39. The van der Waals surface area contributed by atoms with Crippen LogP contribution in [0.1, 0.15) is 18.4 Å². The SMILES string of the molecule is CN1CCC(N(Cc2ccccc2F)C(N)=O)CC1. The highest BCUT2D eigenvalue weighted by Gasteiger charge is 2.26. The lowest BCUT2D eigenvalue weighted by atomic mass is 10.0. The van der Waals surface area contributed by atoms with Crippen LogP contribution in [0.15, 0.2) is 24.3 Å².